The van der Waals surface area contributed by atoms with Crippen molar-refractivity contribution in [2.75, 3.05) is 23.8 Å². The van der Waals surface area contributed by atoms with Gasteiger partial charge in [-0.3, -0.25) is 9.59 Å². The van der Waals surface area contributed by atoms with Crippen molar-refractivity contribution in [2.24, 2.45) is 5.73 Å². The number of para-hydroxylation sites is 1. The lowest BCUT2D eigenvalue weighted by molar-refractivity contribution is -0.114. The van der Waals surface area contributed by atoms with Crippen molar-refractivity contribution in [3.05, 3.63) is 54.1 Å². The molecule has 0 spiro atoms. The molecule has 0 atom stereocenters. The molecule has 0 aliphatic heterocycles. The highest BCUT2D eigenvalue weighted by Gasteiger charge is 2.08. The quantitative estimate of drug-likeness (QED) is 0.479. The number of nitrogens with one attached hydrogen (secondary N) is 2. The summed E-state index contributed by atoms with van der Waals surface area (Å²) in [5.74, 6) is 0.0373. The summed E-state index contributed by atoms with van der Waals surface area (Å²) in [4.78, 5) is 23.5. The van der Waals surface area contributed by atoms with Crippen LogP contribution in [0.5, 0.6) is 5.75 Å². The molecule has 0 aliphatic carbocycles. The molecule has 6 heteroatoms. The lowest BCUT2D eigenvalue weighted by atomic mass is 10.1. The standard InChI is InChI=1S/C22H29N3O3/c1-2-3-4-5-8-15-28-18-13-11-17(12-14-18)25-21(26)16-24-20-10-7-6-9-19(20)22(23)27/h6-7,9-14,24H,2-5,8,15-16H2,1H3,(H2,23,27)(H,25,26). The van der Waals surface area contributed by atoms with Crippen LogP contribution in [0.15, 0.2) is 48.5 Å². The zero-order valence-electron chi connectivity index (χ0n) is 16.4. The van der Waals surface area contributed by atoms with Gasteiger partial charge in [0.15, 0.2) is 0 Å². The summed E-state index contributed by atoms with van der Waals surface area (Å²) in [6.45, 7) is 2.94. The highest BCUT2D eigenvalue weighted by Crippen LogP contribution is 2.17. The fourth-order valence-corrected chi connectivity index (χ4v) is 2.76. The van der Waals surface area contributed by atoms with Gasteiger partial charge in [-0.25, -0.2) is 0 Å². The van der Waals surface area contributed by atoms with E-state index >= 15 is 0 Å². The largest absolute Gasteiger partial charge is 0.494 e. The summed E-state index contributed by atoms with van der Waals surface area (Å²) < 4.78 is 5.72. The minimum atomic E-state index is -0.538. The van der Waals surface area contributed by atoms with Crippen LogP contribution in [-0.2, 0) is 4.79 Å². The van der Waals surface area contributed by atoms with E-state index in [2.05, 4.69) is 17.6 Å². The van der Waals surface area contributed by atoms with Crippen LogP contribution in [0.3, 0.4) is 0 Å². The van der Waals surface area contributed by atoms with Gasteiger partial charge in [0.25, 0.3) is 5.91 Å². The SMILES string of the molecule is CCCCCCCOc1ccc(NC(=O)CNc2ccccc2C(N)=O)cc1. The lowest BCUT2D eigenvalue weighted by Crippen LogP contribution is -2.23. The summed E-state index contributed by atoms with van der Waals surface area (Å²) in [6.07, 6.45) is 6.01. The number of hydrogen-bond donors (Lipinski definition) is 3. The second-order valence-electron chi connectivity index (χ2n) is 6.60. The third-order valence-corrected chi connectivity index (χ3v) is 4.29. The van der Waals surface area contributed by atoms with Crippen LogP contribution in [-0.4, -0.2) is 25.0 Å². The highest BCUT2D eigenvalue weighted by atomic mass is 16.5. The van der Waals surface area contributed by atoms with Crippen LogP contribution in [0, 0.1) is 0 Å². The molecule has 0 aromatic heterocycles. The Morgan fingerprint density at radius 1 is 0.964 bits per heavy atom. The van der Waals surface area contributed by atoms with Crippen molar-refractivity contribution in [2.45, 2.75) is 39.0 Å². The van der Waals surface area contributed by atoms with Crippen molar-refractivity contribution in [3.63, 3.8) is 0 Å². The first-order chi connectivity index (χ1) is 13.6. The van der Waals surface area contributed by atoms with E-state index in [9.17, 15) is 9.59 Å². The predicted octanol–water partition coefficient (Wildman–Crippen LogP) is 4.19. The number of nitrogens with two attached hydrogens (primary N) is 1. The number of benzene rings is 2. The maximum atomic E-state index is 12.1. The first kappa shape index (κ1) is 21.3. The zero-order valence-corrected chi connectivity index (χ0v) is 16.4. The summed E-state index contributed by atoms with van der Waals surface area (Å²) >= 11 is 0. The molecule has 150 valence electrons. The molecule has 2 rings (SSSR count). The van der Waals surface area contributed by atoms with E-state index in [0.29, 0.717) is 23.5 Å². The maximum absolute atomic E-state index is 12.1. The van der Waals surface area contributed by atoms with E-state index in [1.54, 1.807) is 24.3 Å². The molecule has 0 heterocycles. The molecule has 0 aliphatic rings. The fourth-order valence-electron chi connectivity index (χ4n) is 2.76. The van der Waals surface area contributed by atoms with E-state index < -0.39 is 5.91 Å². The smallest absolute Gasteiger partial charge is 0.250 e. The Labute approximate surface area is 166 Å². The third kappa shape index (κ3) is 7.31. The molecule has 28 heavy (non-hydrogen) atoms. The van der Waals surface area contributed by atoms with Crippen LogP contribution < -0.4 is 21.1 Å². The normalized spacial score (nSPS) is 10.3. The fraction of sp³-hybridized carbons (Fsp3) is 0.364. The molecule has 2 aromatic carbocycles. The van der Waals surface area contributed by atoms with E-state index in [0.717, 1.165) is 12.2 Å². The van der Waals surface area contributed by atoms with Crippen LogP contribution in [0.25, 0.3) is 0 Å². The molecule has 4 N–H and O–H groups in total. The number of carbonyl (C=O) groups excluding carboxylic acids is 2. The predicted molar refractivity (Wildman–Crippen MR) is 113 cm³/mol. The highest BCUT2D eigenvalue weighted by molar-refractivity contribution is 6.00. The number of ether oxygens (including phenoxy) is 1. The Hall–Kier alpha value is -3.02. The molecule has 0 unspecified atom stereocenters. The van der Waals surface area contributed by atoms with Gasteiger partial charge in [-0.15, -0.1) is 0 Å². The Bertz CT molecular complexity index is 760. The van der Waals surface area contributed by atoms with Crippen molar-refractivity contribution in [1.82, 2.24) is 0 Å². The van der Waals surface area contributed by atoms with Gasteiger partial charge in [-0.05, 0) is 42.8 Å². The number of carbonyl (C=O) groups is 2. The summed E-state index contributed by atoms with van der Waals surface area (Å²) in [5.41, 5.74) is 6.91. The lowest BCUT2D eigenvalue weighted by Gasteiger charge is -2.11. The topological polar surface area (TPSA) is 93.4 Å². The summed E-state index contributed by atoms with van der Waals surface area (Å²) in [5, 5.41) is 5.74. The van der Waals surface area contributed by atoms with Crippen LogP contribution in [0.1, 0.15) is 49.4 Å². The number of primary amides is 1. The van der Waals surface area contributed by atoms with Crippen molar-refractivity contribution in [3.8, 4) is 5.75 Å². The van der Waals surface area contributed by atoms with Gasteiger partial charge in [-0.1, -0.05) is 44.7 Å². The third-order valence-electron chi connectivity index (χ3n) is 4.29. The Morgan fingerprint density at radius 2 is 1.68 bits per heavy atom. The van der Waals surface area contributed by atoms with E-state index in [1.165, 1.54) is 25.7 Å². The van der Waals surface area contributed by atoms with Crippen LogP contribution in [0.4, 0.5) is 11.4 Å². The monoisotopic (exact) mass is 383 g/mol. The second-order valence-corrected chi connectivity index (χ2v) is 6.60. The van der Waals surface area contributed by atoms with Crippen LogP contribution >= 0.6 is 0 Å². The second kappa shape index (κ2) is 11.6. The summed E-state index contributed by atoms with van der Waals surface area (Å²) in [6, 6.07) is 14.1. The zero-order chi connectivity index (χ0) is 20.2. The van der Waals surface area contributed by atoms with E-state index in [-0.39, 0.29) is 12.5 Å². The van der Waals surface area contributed by atoms with Crippen LogP contribution in [0.2, 0.25) is 0 Å². The van der Waals surface area contributed by atoms with E-state index in [1.807, 2.05) is 24.3 Å². The first-order valence-electron chi connectivity index (χ1n) is 9.75. The van der Waals surface area contributed by atoms with Crippen molar-refractivity contribution < 1.29 is 14.3 Å². The number of hydrogen-bond acceptors (Lipinski definition) is 4. The molecule has 0 saturated heterocycles. The Balaban J connectivity index is 1.74. The maximum Gasteiger partial charge on any atom is 0.250 e. The van der Waals surface area contributed by atoms with Gasteiger partial charge in [0.05, 0.1) is 18.7 Å². The molecule has 0 radical (unpaired) electrons. The van der Waals surface area contributed by atoms with Gasteiger partial charge >= 0.3 is 0 Å². The van der Waals surface area contributed by atoms with Crippen molar-refractivity contribution in [1.29, 1.82) is 0 Å². The first-order valence-corrected chi connectivity index (χ1v) is 9.75. The Morgan fingerprint density at radius 3 is 2.39 bits per heavy atom. The molecule has 0 saturated carbocycles. The molecular weight excluding hydrogens is 354 g/mol. The minimum absolute atomic E-state index is 0.0281. The molecule has 6 nitrogen and oxygen atoms in total. The minimum Gasteiger partial charge on any atom is -0.494 e. The van der Waals surface area contributed by atoms with E-state index in [4.69, 9.17) is 10.5 Å². The molecule has 2 aromatic rings. The van der Waals surface area contributed by atoms with Gasteiger partial charge in [0.1, 0.15) is 5.75 Å². The van der Waals surface area contributed by atoms with Gasteiger partial charge in [-0.2, -0.15) is 0 Å². The Kier molecular flexibility index (Phi) is 8.85. The molecular formula is C22H29N3O3. The number of amides is 2. The average Bonchev–Trinajstić information content (AvgIpc) is 2.70. The van der Waals surface area contributed by atoms with Gasteiger partial charge in [0.2, 0.25) is 5.91 Å². The summed E-state index contributed by atoms with van der Waals surface area (Å²) in [7, 11) is 0. The number of unbranched alkanes of at least 4 members (excludes halogenated alkanes) is 4. The number of rotatable bonds is 12. The average molecular weight is 383 g/mol. The number of anilines is 2. The molecule has 0 bridgehead atoms. The van der Waals surface area contributed by atoms with Gasteiger partial charge in [0, 0.05) is 11.4 Å². The molecule has 0 fully saturated rings. The molecule has 2 amide bonds. The van der Waals surface area contributed by atoms with Gasteiger partial charge < -0.3 is 21.1 Å². The van der Waals surface area contributed by atoms with Crippen molar-refractivity contribution >= 4 is 23.2 Å².